The van der Waals surface area contributed by atoms with Crippen LogP contribution in [-0.2, 0) is 10.0 Å². The normalized spacial score (nSPS) is 14.8. The van der Waals surface area contributed by atoms with Gasteiger partial charge in [0.1, 0.15) is 16.4 Å². The average molecular weight is 351 g/mol. The van der Waals surface area contributed by atoms with E-state index in [1.807, 2.05) is 0 Å². The van der Waals surface area contributed by atoms with Gasteiger partial charge in [0.15, 0.2) is 0 Å². The summed E-state index contributed by atoms with van der Waals surface area (Å²) in [5.74, 6) is -0.637. The lowest BCUT2D eigenvalue weighted by Gasteiger charge is -2.13. The van der Waals surface area contributed by atoms with Gasteiger partial charge < -0.3 is 9.88 Å². The Labute approximate surface area is 139 Å². The summed E-state index contributed by atoms with van der Waals surface area (Å²) in [5, 5.41) is 0. The van der Waals surface area contributed by atoms with Crippen LogP contribution in [0.1, 0.15) is 28.9 Å². The van der Waals surface area contributed by atoms with Crippen molar-refractivity contribution in [2.75, 3.05) is 17.8 Å². The molecule has 0 spiro atoms. The van der Waals surface area contributed by atoms with Gasteiger partial charge in [0.05, 0.1) is 5.69 Å². The van der Waals surface area contributed by atoms with Crippen molar-refractivity contribution in [3.05, 3.63) is 47.5 Å². The number of halogens is 1. The highest BCUT2D eigenvalue weighted by Crippen LogP contribution is 2.22. The molecule has 3 rings (SSSR count). The first-order valence-corrected chi connectivity index (χ1v) is 9.12. The number of aromatic nitrogens is 1. The molecule has 1 saturated heterocycles. The highest BCUT2D eigenvalue weighted by atomic mass is 32.2. The number of carbonyl (C=O) groups excluding carboxylic acids is 1. The maximum Gasteiger partial charge on any atom is 0.270 e. The van der Waals surface area contributed by atoms with Gasteiger partial charge in [-0.15, -0.1) is 0 Å². The number of hydrogen-bond acceptors (Lipinski definition) is 3. The van der Waals surface area contributed by atoms with Gasteiger partial charge in [-0.05, 0) is 49.6 Å². The molecule has 1 fully saturated rings. The summed E-state index contributed by atoms with van der Waals surface area (Å²) in [6.45, 7) is 2.99. The van der Waals surface area contributed by atoms with Gasteiger partial charge in [-0.1, -0.05) is 0 Å². The molecule has 0 radical (unpaired) electrons. The van der Waals surface area contributed by atoms with Crippen LogP contribution >= 0.6 is 0 Å². The van der Waals surface area contributed by atoms with Crippen LogP contribution in [0.3, 0.4) is 0 Å². The molecule has 1 amide bonds. The van der Waals surface area contributed by atoms with E-state index in [4.69, 9.17) is 0 Å². The monoisotopic (exact) mass is 351 g/mol. The minimum Gasteiger partial charge on any atom is -0.356 e. The van der Waals surface area contributed by atoms with E-state index in [-0.39, 0.29) is 16.5 Å². The van der Waals surface area contributed by atoms with Crippen molar-refractivity contribution < 1.29 is 17.6 Å². The van der Waals surface area contributed by atoms with Crippen molar-refractivity contribution in [3.8, 4) is 0 Å². The predicted octanol–water partition coefficient (Wildman–Crippen LogP) is 2.50. The number of likely N-dealkylation sites (tertiary alicyclic amines) is 1. The Bertz CT molecular complexity index is 870. The summed E-state index contributed by atoms with van der Waals surface area (Å²) in [4.78, 5) is 16.7. The molecule has 1 aromatic carbocycles. The second-order valence-electron chi connectivity index (χ2n) is 5.81. The maximum absolute atomic E-state index is 13.1. The molecule has 1 aliphatic heterocycles. The van der Waals surface area contributed by atoms with E-state index < -0.39 is 15.8 Å². The number of nitrogens with one attached hydrogen (secondary N) is 2. The number of benzene rings is 1. The molecule has 0 saturated carbocycles. The molecule has 1 aromatic heterocycles. The molecular weight excluding hydrogens is 333 g/mol. The molecule has 0 atom stereocenters. The summed E-state index contributed by atoms with van der Waals surface area (Å²) in [6.07, 6.45) is 3.20. The van der Waals surface area contributed by atoms with Crippen LogP contribution in [0.25, 0.3) is 0 Å². The third kappa shape index (κ3) is 3.28. The van der Waals surface area contributed by atoms with Crippen LogP contribution in [0.2, 0.25) is 0 Å². The molecule has 24 heavy (non-hydrogen) atoms. The number of rotatable bonds is 4. The number of anilines is 1. The second kappa shape index (κ2) is 6.27. The van der Waals surface area contributed by atoms with Crippen molar-refractivity contribution in [2.24, 2.45) is 0 Å². The van der Waals surface area contributed by atoms with Crippen molar-refractivity contribution in [1.82, 2.24) is 9.88 Å². The number of amides is 1. The van der Waals surface area contributed by atoms with Gasteiger partial charge in [-0.3, -0.25) is 9.52 Å². The van der Waals surface area contributed by atoms with Crippen LogP contribution < -0.4 is 4.72 Å². The van der Waals surface area contributed by atoms with E-state index in [2.05, 4.69) is 9.71 Å². The minimum absolute atomic E-state index is 0.0335. The molecule has 6 nitrogen and oxygen atoms in total. The number of H-pyrrole nitrogens is 1. The number of sulfonamides is 1. The van der Waals surface area contributed by atoms with Crippen LogP contribution in [0.4, 0.5) is 10.1 Å². The Morgan fingerprint density at radius 2 is 1.96 bits per heavy atom. The van der Waals surface area contributed by atoms with E-state index in [9.17, 15) is 17.6 Å². The molecule has 2 heterocycles. The van der Waals surface area contributed by atoms with Crippen molar-refractivity contribution in [1.29, 1.82) is 0 Å². The summed E-state index contributed by atoms with van der Waals surface area (Å²) in [7, 11) is -3.86. The molecule has 1 aliphatic rings. The van der Waals surface area contributed by atoms with E-state index in [1.165, 1.54) is 30.5 Å². The Kier molecular flexibility index (Phi) is 4.31. The Balaban J connectivity index is 1.81. The summed E-state index contributed by atoms with van der Waals surface area (Å²) < 4.78 is 40.4. The van der Waals surface area contributed by atoms with Crippen LogP contribution in [0.15, 0.2) is 35.4 Å². The van der Waals surface area contributed by atoms with Crippen LogP contribution in [0, 0.1) is 12.7 Å². The molecule has 0 bridgehead atoms. The molecule has 128 valence electrons. The third-order valence-electron chi connectivity index (χ3n) is 4.02. The fraction of sp³-hybridized carbons (Fsp3) is 0.312. The summed E-state index contributed by atoms with van der Waals surface area (Å²) in [6, 6.07) is 5.12. The zero-order chi connectivity index (χ0) is 17.3. The minimum atomic E-state index is -3.86. The topological polar surface area (TPSA) is 82.3 Å². The quantitative estimate of drug-likeness (QED) is 0.888. The maximum atomic E-state index is 13.1. The van der Waals surface area contributed by atoms with Crippen LogP contribution in [-0.4, -0.2) is 37.3 Å². The zero-order valence-corrected chi connectivity index (χ0v) is 14.0. The Morgan fingerprint density at radius 1 is 1.25 bits per heavy atom. The summed E-state index contributed by atoms with van der Waals surface area (Å²) >= 11 is 0. The predicted molar refractivity (Wildman–Crippen MR) is 87.9 cm³/mol. The number of carbonyl (C=O) groups is 1. The SMILES string of the molecule is Cc1cc(F)ccc1NS(=O)(=O)c1c[nH]c(C(=O)N2CCCC2)c1. The van der Waals surface area contributed by atoms with Gasteiger partial charge in [0.2, 0.25) is 0 Å². The lowest BCUT2D eigenvalue weighted by Crippen LogP contribution is -2.27. The smallest absolute Gasteiger partial charge is 0.270 e. The Morgan fingerprint density at radius 3 is 2.62 bits per heavy atom. The lowest BCUT2D eigenvalue weighted by atomic mass is 10.2. The summed E-state index contributed by atoms with van der Waals surface area (Å²) in [5.41, 5.74) is 1.01. The first-order chi connectivity index (χ1) is 11.4. The lowest BCUT2D eigenvalue weighted by molar-refractivity contribution is 0.0787. The number of hydrogen-bond donors (Lipinski definition) is 2. The van der Waals surface area contributed by atoms with Gasteiger partial charge in [0.25, 0.3) is 15.9 Å². The van der Waals surface area contributed by atoms with E-state index >= 15 is 0 Å². The van der Waals surface area contributed by atoms with Crippen molar-refractivity contribution in [3.63, 3.8) is 0 Å². The van der Waals surface area contributed by atoms with Gasteiger partial charge in [-0.25, -0.2) is 12.8 Å². The van der Waals surface area contributed by atoms with E-state index in [1.54, 1.807) is 11.8 Å². The second-order valence-corrected chi connectivity index (χ2v) is 7.50. The van der Waals surface area contributed by atoms with Gasteiger partial charge >= 0.3 is 0 Å². The standard InChI is InChI=1S/C16H18FN3O3S/c1-11-8-12(17)4-5-14(11)19-24(22,23)13-9-15(18-10-13)16(21)20-6-2-3-7-20/h4-5,8-10,18-19H,2-3,6-7H2,1H3. The van der Waals surface area contributed by atoms with E-state index in [0.29, 0.717) is 24.3 Å². The fourth-order valence-electron chi connectivity index (χ4n) is 2.69. The average Bonchev–Trinajstić information content (AvgIpc) is 3.20. The van der Waals surface area contributed by atoms with Crippen molar-refractivity contribution in [2.45, 2.75) is 24.7 Å². The van der Waals surface area contributed by atoms with Crippen LogP contribution in [0.5, 0.6) is 0 Å². The van der Waals surface area contributed by atoms with E-state index in [0.717, 1.165) is 12.8 Å². The largest absolute Gasteiger partial charge is 0.356 e. The first kappa shape index (κ1) is 16.5. The highest BCUT2D eigenvalue weighted by molar-refractivity contribution is 7.92. The number of aromatic amines is 1. The van der Waals surface area contributed by atoms with Gasteiger partial charge in [0, 0.05) is 19.3 Å². The van der Waals surface area contributed by atoms with Crippen molar-refractivity contribution >= 4 is 21.6 Å². The Hall–Kier alpha value is -2.35. The molecule has 2 aromatic rings. The fourth-order valence-corrected chi connectivity index (χ4v) is 3.81. The number of nitrogens with zero attached hydrogens (tertiary/aromatic N) is 1. The van der Waals surface area contributed by atoms with Gasteiger partial charge in [-0.2, -0.15) is 0 Å². The first-order valence-electron chi connectivity index (χ1n) is 7.63. The molecule has 0 unspecified atom stereocenters. The zero-order valence-electron chi connectivity index (χ0n) is 13.2. The molecular formula is C16H18FN3O3S. The molecule has 2 N–H and O–H groups in total. The number of aryl methyl sites for hydroxylation is 1. The third-order valence-corrected chi connectivity index (χ3v) is 5.37. The molecule has 0 aliphatic carbocycles. The highest BCUT2D eigenvalue weighted by Gasteiger charge is 2.24. The molecule has 8 heteroatoms.